The number of hydrogen-bond donors (Lipinski definition) is 0. The lowest BCUT2D eigenvalue weighted by Gasteiger charge is -1.97. The lowest BCUT2D eigenvalue weighted by molar-refractivity contribution is 0.0979. The molecule has 1 heterocycles. The average Bonchev–Trinajstić information content (AvgIpc) is 2.89. The molecule has 0 aliphatic carbocycles. The second kappa shape index (κ2) is 5.78. The first-order valence-electron chi connectivity index (χ1n) is 5.72. The van der Waals surface area contributed by atoms with Crippen LogP contribution in [0.1, 0.15) is 30.3 Å². The van der Waals surface area contributed by atoms with Crippen LogP contribution < -0.4 is 0 Å². The number of ketones is 1. The van der Waals surface area contributed by atoms with Gasteiger partial charge in [-0.2, -0.15) is 9.90 Å². The predicted octanol–water partition coefficient (Wildman–Crippen LogP) is 2.25. The van der Waals surface area contributed by atoms with E-state index in [-0.39, 0.29) is 5.78 Å². The lowest BCUT2D eigenvalue weighted by atomic mass is 10.2. The van der Waals surface area contributed by atoms with Crippen molar-refractivity contribution in [2.24, 2.45) is 0 Å². The number of para-hydroxylation sites is 1. The van der Waals surface area contributed by atoms with Gasteiger partial charge in [0.1, 0.15) is 5.69 Å². The number of benzene rings is 1. The topological polar surface area (TPSA) is 47.8 Å². The number of rotatable bonds is 4. The molecule has 0 aliphatic heterocycles. The smallest absolute Gasteiger partial charge is 0.185 e. The van der Waals surface area contributed by atoms with Crippen LogP contribution in [0.15, 0.2) is 36.5 Å². The molecule has 1 aromatic carbocycles. The molecular weight excluding hydrogens is 226 g/mol. The highest BCUT2D eigenvalue weighted by atomic mass is 16.1. The number of carbonyl (C=O) groups is 1. The van der Waals surface area contributed by atoms with Crippen molar-refractivity contribution < 1.29 is 4.79 Å². The first kappa shape index (κ1) is 12.1. The van der Waals surface area contributed by atoms with E-state index < -0.39 is 0 Å². The molecule has 0 spiro atoms. The molecule has 0 saturated heterocycles. The van der Waals surface area contributed by atoms with E-state index in [1.807, 2.05) is 30.3 Å². The van der Waals surface area contributed by atoms with E-state index in [9.17, 15) is 4.79 Å². The van der Waals surface area contributed by atoms with Gasteiger partial charge in [-0.3, -0.25) is 4.79 Å². The third-order valence-corrected chi connectivity index (χ3v) is 2.42. The molecule has 90 valence electrons. The predicted molar refractivity (Wildman–Crippen MR) is 68.4 cm³/mol. The van der Waals surface area contributed by atoms with Crippen molar-refractivity contribution >= 4 is 5.78 Å². The van der Waals surface area contributed by atoms with Gasteiger partial charge in [0.25, 0.3) is 0 Å². The van der Waals surface area contributed by atoms with Crippen LogP contribution in [0.3, 0.4) is 0 Å². The molecule has 1 aromatic heterocycles. The van der Waals surface area contributed by atoms with Gasteiger partial charge in [0.2, 0.25) is 0 Å². The van der Waals surface area contributed by atoms with Crippen LogP contribution in [0, 0.1) is 11.8 Å². The van der Waals surface area contributed by atoms with Crippen molar-refractivity contribution in [3.05, 3.63) is 42.2 Å². The summed E-state index contributed by atoms with van der Waals surface area (Å²) in [6, 6.07) is 9.49. The zero-order valence-corrected chi connectivity index (χ0v) is 10.1. The lowest BCUT2D eigenvalue weighted by Crippen LogP contribution is -2.02. The Bertz CT molecular complexity index is 590. The molecule has 2 aromatic rings. The van der Waals surface area contributed by atoms with Crippen molar-refractivity contribution in [3.8, 4) is 17.5 Å². The Kier molecular flexibility index (Phi) is 3.87. The van der Waals surface area contributed by atoms with Crippen LogP contribution in [0.5, 0.6) is 0 Å². The summed E-state index contributed by atoms with van der Waals surface area (Å²) in [5.74, 6) is 5.60. The molecule has 4 heteroatoms. The van der Waals surface area contributed by atoms with Crippen molar-refractivity contribution in [2.45, 2.75) is 19.8 Å². The quantitative estimate of drug-likeness (QED) is 0.607. The molecule has 0 unspecified atom stereocenters. The van der Waals surface area contributed by atoms with Gasteiger partial charge in [-0.1, -0.05) is 18.2 Å². The molecule has 0 amide bonds. The summed E-state index contributed by atoms with van der Waals surface area (Å²) in [5, 5.41) is 8.25. The van der Waals surface area contributed by atoms with E-state index in [1.54, 1.807) is 6.92 Å². The van der Waals surface area contributed by atoms with E-state index >= 15 is 0 Å². The number of nitrogens with zero attached hydrogens (tertiary/aromatic N) is 3. The van der Waals surface area contributed by atoms with Crippen LogP contribution in [-0.2, 0) is 0 Å². The van der Waals surface area contributed by atoms with Gasteiger partial charge < -0.3 is 0 Å². The van der Waals surface area contributed by atoms with Crippen molar-refractivity contribution in [3.63, 3.8) is 0 Å². The molecule has 0 aliphatic rings. The van der Waals surface area contributed by atoms with E-state index in [0.717, 1.165) is 5.69 Å². The number of carbonyl (C=O) groups excluding carboxylic acids is 1. The number of hydrogen-bond acceptors (Lipinski definition) is 3. The number of aromatic nitrogens is 3. The normalized spacial score (nSPS) is 9.61. The van der Waals surface area contributed by atoms with Gasteiger partial charge in [0, 0.05) is 12.8 Å². The van der Waals surface area contributed by atoms with E-state index in [0.29, 0.717) is 18.5 Å². The Morgan fingerprint density at radius 3 is 2.83 bits per heavy atom. The largest absolute Gasteiger partial charge is 0.292 e. The van der Waals surface area contributed by atoms with E-state index in [4.69, 9.17) is 0 Å². The van der Waals surface area contributed by atoms with Gasteiger partial charge in [0.15, 0.2) is 5.78 Å². The fourth-order valence-corrected chi connectivity index (χ4v) is 1.51. The monoisotopic (exact) mass is 239 g/mol. The Hall–Kier alpha value is -2.41. The van der Waals surface area contributed by atoms with Gasteiger partial charge in [-0.05, 0) is 19.1 Å². The molecule has 0 bridgehead atoms. The average molecular weight is 239 g/mol. The SMILES string of the molecule is CC#CCCC(=O)c1cnn(-c2ccccc2)n1. The molecule has 0 fully saturated rings. The molecule has 0 N–H and O–H groups in total. The molecule has 4 nitrogen and oxygen atoms in total. The van der Waals surface area contributed by atoms with Crippen molar-refractivity contribution in [1.29, 1.82) is 0 Å². The summed E-state index contributed by atoms with van der Waals surface area (Å²) in [4.78, 5) is 13.2. The van der Waals surface area contributed by atoms with Gasteiger partial charge in [0.05, 0.1) is 11.9 Å². The third kappa shape index (κ3) is 2.83. The van der Waals surface area contributed by atoms with E-state index in [2.05, 4.69) is 22.0 Å². The van der Waals surface area contributed by atoms with Crippen LogP contribution >= 0.6 is 0 Å². The summed E-state index contributed by atoms with van der Waals surface area (Å²) in [7, 11) is 0. The molecule has 0 saturated carbocycles. The fraction of sp³-hybridized carbons (Fsp3) is 0.214. The summed E-state index contributed by atoms with van der Waals surface area (Å²) < 4.78 is 0. The zero-order chi connectivity index (χ0) is 12.8. The standard InChI is InChI=1S/C14H13N3O/c1-2-3-5-10-14(18)13-11-15-17(16-13)12-8-6-4-7-9-12/h4,6-9,11H,5,10H2,1H3. The first-order chi connectivity index (χ1) is 8.81. The molecule has 18 heavy (non-hydrogen) atoms. The summed E-state index contributed by atoms with van der Waals surface area (Å²) in [6.45, 7) is 1.76. The van der Waals surface area contributed by atoms with Crippen LogP contribution in [0.2, 0.25) is 0 Å². The molecule has 0 radical (unpaired) electrons. The second-order valence-electron chi connectivity index (χ2n) is 3.70. The Morgan fingerprint density at radius 2 is 2.11 bits per heavy atom. The zero-order valence-electron chi connectivity index (χ0n) is 10.1. The minimum Gasteiger partial charge on any atom is -0.292 e. The van der Waals surface area contributed by atoms with Gasteiger partial charge in [-0.25, -0.2) is 0 Å². The Morgan fingerprint density at radius 1 is 1.33 bits per heavy atom. The Balaban J connectivity index is 2.10. The maximum Gasteiger partial charge on any atom is 0.185 e. The van der Waals surface area contributed by atoms with Crippen molar-refractivity contribution in [1.82, 2.24) is 15.0 Å². The first-order valence-corrected chi connectivity index (χ1v) is 5.72. The highest BCUT2D eigenvalue weighted by Gasteiger charge is 2.10. The summed E-state index contributed by atoms with van der Waals surface area (Å²) in [6.07, 6.45) is 2.44. The fourth-order valence-electron chi connectivity index (χ4n) is 1.51. The maximum absolute atomic E-state index is 11.8. The molecule has 2 rings (SSSR count). The van der Waals surface area contributed by atoms with Crippen LogP contribution in [0.25, 0.3) is 5.69 Å². The number of Topliss-reactive ketones (excluding diaryl/α,β-unsaturated/α-hetero) is 1. The van der Waals surface area contributed by atoms with Crippen LogP contribution in [-0.4, -0.2) is 20.8 Å². The minimum atomic E-state index is -0.0278. The van der Waals surface area contributed by atoms with Crippen molar-refractivity contribution in [2.75, 3.05) is 0 Å². The second-order valence-corrected chi connectivity index (χ2v) is 3.70. The third-order valence-electron chi connectivity index (χ3n) is 2.42. The molecular formula is C14H13N3O. The minimum absolute atomic E-state index is 0.0278. The van der Waals surface area contributed by atoms with Gasteiger partial charge >= 0.3 is 0 Å². The van der Waals surface area contributed by atoms with Gasteiger partial charge in [-0.15, -0.1) is 16.9 Å². The van der Waals surface area contributed by atoms with Crippen LogP contribution in [0.4, 0.5) is 0 Å². The summed E-state index contributed by atoms with van der Waals surface area (Å²) in [5.41, 5.74) is 1.22. The summed E-state index contributed by atoms with van der Waals surface area (Å²) >= 11 is 0. The maximum atomic E-state index is 11.8. The Labute approximate surface area is 106 Å². The molecule has 0 atom stereocenters. The highest BCUT2D eigenvalue weighted by molar-refractivity contribution is 5.93. The highest BCUT2D eigenvalue weighted by Crippen LogP contribution is 2.06. The van der Waals surface area contributed by atoms with E-state index in [1.165, 1.54) is 11.0 Å².